The molecule has 0 spiro atoms. The standard InChI is InChI=1S/C17H21ClN4O2/c1-3-14-13(20-17(23)16-11-21(2)8-9-24-16)10-19-22(14)15-7-5-4-6-12(15)18/h4-7,10,16H,3,8-9,11H2,1-2H3,(H,20,23)/t16-/m1/s1. The smallest absolute Gasteiger partial charge is 0.254 e. The van der Waals surface area contributed by atoms with Crippen molar-refractivity contribution in [2.75, 3.05) is 32.1 Å². The Bertz CT molecular complexity index is 731. The predicted octanol–water partition coefficient (Wildman–Crippen LogP) is 2.36. The number of hydrogen-bond acceptors (Lipinski definition) is 4. The minimum Gasteiger partial charge on any atom is -0.366 e. The van der Waals surface area contributed by atoms with Crippen LogP contribution in [0.5, 0.6) is 0 Å². The molecule has 3 rings (SSSR count). The average Bonchev–Trinajstić information content (AvgIpc) is 2.97. The van der Waals surface area contributed by atoms with Crippen LogP contribution in [0.1, 0.15) is 12.6 Å². The lowest BCUT2D eigenvalue weighted by Crippen LogP contribution is -2.46. The van der Waals surface area contributed by atoms with Crippen LogP contribution in [0.2, 0.25) is 5.02 Å². The van der Waals surface area contributed by atoms with Crippen LogP contribution in [0.25, 0.3) is 5.69 Å². The summed E-state index contributed by atoms with van der Waals surface area (Å²) in [4.78, 5) is 14.6. The Balaban J connectivity index is 1.82. The van der Waals surface area contributed by atoms with E-state index in [1.807, 2.05) is 38.2 Å². The average molecular weight is 349 g/mol. The first kappa shape index (κ1) is 17.0. The molecule has 0 saturated carbocycles. The van der Waals surface area contributed by atoms with Gasteiger partial charge in [0.25, 0.3) is 5.91 Å². The number of halogens is 1. The molecule has 0 unspecified atom stereocenters. The van der Waals surface area contributed by atoms with Crippen LogP contribution < -0.4 is 5.32 Å². The Kier molecular flexibility index (Phi) is 5.18. The zero-order valence-corrected chi connectivity index (χ0v) is 14.6. The van der Waals surface area contributed by atoms with Crippen LogP contribution in [-0.4, -0.2) is 53.4 Å². The zero-order valence-electron chi connectivity index (χ0n) is 13.8. The number of morpholine rings is 1. The van der Waals surface area contributed by atoms with Gasteiger partial charge in [-0.15, -0.1) is 0 Å². The van der Waals surface area contributed by atoms with E-state index < -0.39 is 6.10 Å². The number of carbonyl (C=O) groups excluding carboxylic acids is 1. The van der Waals surface area contributed by atoms with Gasteiger partial charge in [0, 0.05) is 13.1 Å². The van der Waals surface area contributed by atoms with E-state index in [1.54, 1.807) is 10.9 Å². The first-order valence-electron chi connectivity index (χ1n) is 8.03. The van der Waals surface area contributed by atoms with E-state index in [-0.39, 0.29) is 5.91 Å². The van der Waals surface area contributed by atoms with E-state index >= 15 is 0 Å². The first-order chi connectivity index (χ1) is 11.6. The SMILES string of the molecule is CCc1c(NC(=O)[C@H]2CN(C)CCO2)cnn1-c1ccccc1Cl. The highest BCUT2D eigenvalue weighted by molar-refractivity contribution is 6.32. The number of carbonyl (C=O) groups is 1. The van der Waals surface area contributed by atoms with Crippen LogP contribution in [0.4, 0.5) is 5.69 Å². The molecule has 128 valence electrons. The van der Waals surface area contributed by atoms with Crippen molar-refractivity contribution < 1.29 is 9.53 Å². The number of ether oxygens (including phenoxy) is 1. The van der Waals surface area contributed by atoms with E-state index in [0.717, 1.165) is 17.9 Å². The van der Waals surface area contributed by atoms with Crippen LogP contribution in [0.15, 0.2) is 30.5 Å². The maximum Gasteiger partial charge on any atom is 0.254 e. The van der Waals surface area contributed by atoms with Crippen LogP contribution in [0, 0.1) is 0 Å². The van der Waals surface area contributed by atoms with Crippen LogP contribution in [-0.2, 0) is 16.0 Å². The van der Waals surface area contributed by atoms with E-state index in [4.69, 9.17) is 16.3 Å². The van der Waals surface area contributed by atoms with Crippen molar-refractivity contribution in [3.8, 4) is 5.69 Å². The van der Waals surface area contributed by atoms with Crippen molar-refractivity contribution in [1.29, 1.82) is 0 Å². The lowest BCUT2D eigenvalue weighted by molar-refractivity contribution is -0.132. The number of nitrogens with one attached hydrogen (secondary N) is 1. The molecule has 1 aromatic carbocycles. The molecule has 6 nitrogen and oxygen atoms in total. The molecule has 1 aliphatic heterocycles. The van der Waals surface area contributed by atoms with Crippen LogP contribution >= 0.6 is 11.6 Å². The van der Waals surface area contributed by atoms with Gasteiger partial charge >= 0.3 is 0 Å². The quantitative estimate of drug-likeness (QED) is 0.921. The summed E-state index contributed by atoms with van der Waals surface area (Å²) < 4.78 is 7.33. The second-order valence-corrected chi connectivity index (χ2v) is 6.24. The van der Waals surface area contributed by atoms with Crippen molar-refractivity contribution in [3.05, 3.63) is 41.2 Å². The molecule has 1 fully saturated rings. The number of anilines is 1. The molecule has 2 aromatic rings. The molecular formula is C17H21ClN4O2. The van der Waals surface area contributed by atoms with E-state index in [1.165, 1.54) is 0 Å². The summed E-state index contributed by atoms with van der Waals surface area (Å²) in [6.07, 6.45) is 1.91. The Hall–Kier alpha value is -1.89. The molecule has 1 aromatic heterocycles. The maximum atomic E-state index is 12.5. The lowest BCUT2D eigenvalue weighted by Gasteiger charge is -2.29. The van der Waals surface area contributed by atoms with E-state index in [0.29, 0.717) is 30.3 Å². The molecule has 1 atom stereocenters. The topological polar surface area (TPSA) is 59.4 Å². The normalized spacial score (nSPS) is 18.5. The molecule has 0 bridgehead atoms. The monoisotopic (exact) mass is 348 g/mol. The van der Waals surface area contributed by atoms with Crippen molar-refractivity contribution in [3.63, 3.8) is 0 Å². The second-order valence-electron chi connectivity index (χ2n) is 5.83. The van der Waals surface area contributed by atoms with Crippen molar-refractivity contribution in [2.24, 2.45) is 0 Å². The molecule has 1 saturated heterocycles. The number of hydrogen-bond donors (Lipinski definition) is 1. The summed E-state index contributed by atoms with van der Waals surface area (Å²) in [5, 5.41) is 7.96. The largest absolute Gasteiger partial charge is 0.366 e. The van der Waals surface area contributed by atoms with Gasteiger partial charge in [-0.1, -0.05) is 30.7 Å². The third-order valence-corrected chi connectivity index (χ3v) is 4.42. The molecule has 24 heavy (non-hydrogen) atoms. The highest BCUT2D eigenvalue weighted by Gasteiger charge is 2.26. The lowest BCUT2D eigenvalue weighted by atomic mass is 10.2. The molecule has 1 N–H and O–H groups in total. The minimum atomic E-state index is -0.461. The number of benzene rings is 1. The van der Waals surface area contributed by atoms with Gasteiger partial charge in [0.1, 0.15) is 6.10 Å². The zero-order chi connectivity index (χ0) is 17.1. The Morgan fingerprint density at radius 3 is 2.96 bits per heavy atom. The van der Waals surface area contributed by atoms with Gasteiger partial charge < -0.3 is 15.0 Å². The predicted molar refractivity (Wildman–Crippen MR) is 93.8 cm³/mol. The Morgan fingerprint density at radius 1 is 1.46 bits per heavy atom. The van der Waals surface area contributed by atoms with Gasteiger partial charge in [0.15, 0.2) is 0 Å². The van der Waals surface area contributed by atoms with Crippen molar-refractivity contribution in [2.45, 2.75) is 19.4 Å². The van der Waals surface area contributed by atoms with Gasteiger partial charge in [-0.25, -0.2) is 4.68 Å². The number of likely N-dealkylation sites (N-methyl/N-ethyl adjacent to an activating group) is 1. The van der Waals surface area contributed by atoms with E-state index in [9.17, 15) is 4.79 Å². The number of amides is 1. The summed E-state index contributed by atoms with van der Waals surface area (Å²) in [5.41, 5.74) is 2.39. The van der Waals surface area contributed by atoms with Crippen molar-refractivity contribution in [1.82, 2.24) is 14.7 Å². The summed E-state index contributed by atoms with van der Waals surface area (Å²) >= 11 is 6.27. The number of aromatic nitrogens is 2. The fourth-order valence-corrected chi connectivity index (χ4v) is 3.01. The third kappa shape index (κ3) is 3.45. The molecule has 1 aliphatic rings. The molecule has 0 radical (unpaired) electrons. The molecule has 7 heteroatoms. The number of nitrogens with zero attached hydrogens (tertiary/aromatic N) is 3. The number of rotatable bonds is 4. The highest BCUT2D eigenvalue weighted by atomic mass is 35.5. The Labute approximate surface area is 146 Å². The fourth-order valence-electron chi connectivity index (χ4n) is 2.80. The van der Waals surface area contributed by atoms with Crippen molar-refractivity contribution >= 4 is 23.2 Å². The highest BCUT2D eigenvalue weighted by Crippen LogP contribution is 2.25. The van der Waals surface area contributed by atoms with Gasteiger partial charge in [-0.2, -0.15) is 5.10 Å². The second kappa shape index (κ2) is 7.34. The minimum absolute atomic E-state index is 0.144. The number of para-hydroxylation sites is 1. The summed E-state index contributed by atoms with van der Waals surface area (Å²) in [6, 6.07) is 7.51. The molecule has 0 aliphatic carbocycles. The third-order valence-electron chi connectivity index (χ3n) is 4.10. The maximum absolute atomic E-state index is 12.5. The summed E-state index contributed by atoms with van der Waals surface area (Å²) in [5.74, 6) is -0.144. The molecule has 2 heterocycles. The summed E-state index contributed by atoms with van der Waals surface area (Å²) in [6.45, 7) is 4.01. The molecular weight excluding hydrogens is 328 g/mol. The van der Waals surface area contributed by atoms with Gasteiger partial charge in [-0.3, -0.25) is 4.79 Å². The van der Waals surface area contributed by atoms with Crippen LogP contribution in [0.3, 0.4) is 0 Å². The molecule has 1 amide bonds. The first-order valence-corrected chi connectivity index (χ1v) is 8.40. The summed E-state index contributed by atoms with van der Waals surface area (Å²) in [7, 11) is 1.98. The fraction of sp³-hybridized carbons (Fsp3) is 0.412. The van der Waals surface area contributed by atoms with Gasteiger partial charge in [0.05, 0.1) is 34.9 Å². The van der Waals surface area contributed by atoms with E-state index in [2.05, 4.69) is 15.3 Å². The Morgan fingerprint density at radius 2 is 2.25 bits per heavy atom. The van der Waals surface area contributed by atoms with Gasteiger partial charge in [-0.05, 0) is 25.6 Å². The van der Waals surface area contributed by atoms with Gasteiger partial charge in [0.2, 0.25) is 0 Å².